The smallest absolute Gasteiger partial charge is 0.159 e. The van der Waals surface area contributed by atoms with Crippen LogP contribution in [0.15, 0.2) is 42.5 Å². The minimum atomic E-state index is -0.404. The molecule has 2 aromatic carbocycles. The largest absolute Gasteiger partial charge is 0.507 e. The fourth-order valence-electron chi connectivity index (χ4n) is 1.66. The zero-order valence-electron chi connectivity index (χ0n) is 9.27. The Morgan fingerprint density at radius 3 is 2.41 bits per heavy atom. The highest BCUT2D eigenvalue weighted by molar-refractivity contribution is 5.95. The fraction of sp³-hybridized carbons (Fsp3) is 0.0714. The van der Waals surface area contributed by atoms with Gasteiger partial charge in [0.25, 0.3) is 0 Å². The van der Waals surface area contributed by atoms with Gasteiger partial charge >= 0.3 is 0 Å². The van der Waals surface area contributed by atoms with E-state index in [2.05, 4.69) is 0 Å². The second kappa shape index (κ2) is 4.37. The van der Waals surface area contributed by atoms with Gasteiger partial charge in [-0.25, -0.2) is 4.39 Å². The normalized spacial score (nSPS) is 10.2. The summed E-state index contributed by atoms with van der Waals surface area (Å²) >= 11 is 0. The van der Waals surface area contributed by atoms with Crippen molar-refractivity contribution >= 4 is 5.78 Å². The molecule has 0 heterocycles. The minimum absolute atomic E-state index is 0.0946. The molecule has 3 heteroatoms. The van der Waals surface area contributed by atoms with Gasteiger partial charge < -0.3 is 5.11 Å². The average molecular weight is 230 g/mol. The average Bonchev–Trinajstić information content (AvgIpc) is 2.30. The van der Waals surface area contributed by atoms with Crippen LogP contribution in [0.5, 0.6) is 5.75 Å². The van der Waals surface area contributed by atoms with Gasteiger partial charge in [-0.15, -0.1) is 0 Å². The molecule has 0 aliphatic heterocycles. The minimum Gasteiger partial charge on any atom is -0.507 e. The lowest BCUT2D eigenvalue weighted by atomic mass is 10.0. The van der Waals surface area contributed by atoms with E-state index >= 15 is 0 Å². The summed E-state index contributed by atoms with van der Waals surface area (Å²) in [7, 11) is 0. The number of benzene rings is 2. The summed E-state index contributed by atoms with van der Waals surface area (Å²) in [6.07, 6.45) is 0. The first-order chi connectivity index (χ1) is 8.09. The third kappa shape index (κ3) is 2.18. The summed E-state index contributed by atoms with van der Waals surface area (Å²) in [5.41, 5.74) is 1.11. The Kier molecular flexibility index (Phi) is 2.91. The van der Waals surface area contributed by atoms with Gasteiger partial charge in [0.2, 0.25) is 0 Å². The first kappa shape index (κ1) is 11.3. The lowest BCUT2D eigenvalue weighted by Gasteiger charge is -2.07. The van der Waals surface area contributed by atoms with Crippen molar-refractivity contribution in [3.8, 4) is 16.9 Å². The van der Waals surface area contributed by atoms with Crippen LogP contribution in [-0.4, -0.2) is 10.9 Å². The number of ketones is 1. The third-order valence-electron chi connectivity index (χ3n) is 2.57. The number of phenols is 1. The Morgan fingerprint density at radius 1 is 1.12 bits per heavy atom. The van der Waals surface area contributed by atoms with E-state index in [1.807, 2.05) is 0 Å². The molecule has 0 fully saturated rings. The van der Waals surface area contributed by atoms with Crippen molar-refractivity contribution in [3.05, 3.63) is 53.8 Å². The molecule has 2 aromatic rings. The molecule has 0 spiro atoms. The molecule has 0 saturated heterocycles. The molecular weight excluding hydrogens is 219 g/mol. The monoisotopic (exact) mass is 230 g/mol. The van der Waals surface area contributed by atoms with E-state index in [1.54, 1.807) is 30.3 Å². The number of hydrogen-bond donors (Lipinski definition) is 1. The zero-order chi connectivity index (χ0) is 12.4. The van der Waals surface area contributed by atoms with Crippen molar-refractivity contribution in [1.29, 1.82) is 0 Å². The van der Waals surface area contributed by atoms with Crippen LogP contribution in [0.3, 0.4) is 0 Å². The molecule has 0 saturated carbocycles. The highest BCUT2D eigenvalue weighted by atomic mass is 19.1. The Bertz CT molecular complexity index is 576. The van der Waals surface area contributed by atoms with Gasteiger partial charge in [-0.2, -0.15) is 0 Å². The molecule has 0 amide bonds. The molecule has 86 valence electrons. The second-order valence-corrected chi connectivity index (χ2v) is 3.77. The van der Waals surface area contributed by atoms with E-state index in [4.69, 9.17) is 0 Å². The molecule has 2 rings (SSSR count). The maximum Gasteiger partial charge on any atom is 0.159 e. The number of carbonyl (C=O) groups excluding carboxylic acids is 1. The first-order valence-corrected chi connectivity index (χ1v) is 5.18. The number of Topliss-reactive ketones (excluding diaryl/α,β-unsaturated/α-hetero) is 1. The van der Waals surface area contributed by atoms with E-state index in [1.165, 1.54) is 19.1 Å². The van der Waals surface area contributed by atoms with Crippen molar-refractivity contribution in [2.24, 2.45) is 0 Å². The zero-order valence-corrected chi connectivity index (χ0v) is 9.27. The molecule has 0 atom stereocenters. The number of carbonyl (C=O) groups is 1. The quantitative estimate of drug-likeness (QED) is 0.803. The molecule has 0 aliphatic carbocycles. The number of phenolic OH excluding ortho intramolecular Hbond substituents is 1. The van der Waals surface area contributed by atoms with Crippen LogP contribution in [0.1, 0.15) is 17.3 Å². The Hall–Kier alpha value is -2.16. The molecule has 0 unspecified atom stereocenters. The lowest BCUT2D eigenvalue weighted by Crippen LogP contribution is -1.92. The van der Waals surface area contributed by atoms with Crippen molar-refractivity contribution in [1.82, 2.24) is 0 Å². The van der Waals surface area contributed by atoms with Crippen LogP contribution in [0.4, 0.5) is 4.39 Å². The molecule has 0 radical (unpaired) electrons. The van der Waals surface area contributed by atoms with Crippen LogP contribution in [0, 0.1) is 5.82 Å². The summed E-state index contributed by atoms with van der Waals surface area (Å²) in [6.45, 7) is 1.41. The Morgan fingerprint density at radius 2 is 1.82 bits per heavy atom. The van der Waals surface area contributed by atoms with E-state index < -0.39 is 5.82 Å². The van der Waals surface area contributed by atoms with Crippen LogP contribution < -0.4 is 0 Å². The van der Waals surface area contributed by atoms with Crippen molar-refractivity contribution in [3.63, 3.8) is 0 Å². The molecule has 0 aromatic heterocycles. The second-order valence-electron chi connectivity index (χ2n) is 3.77. The number of halogens is 1. The van der Waals surface area contributed by atoms with Crippen LogP contribution in [-0.2, 0) is 0 Å². The van der Waals surface area contributed by atoms with Crippen molar-refractivity contribution < 1.29 is 14.3 Å². The van der Waals surface area contributed by atoms with Gasteiger partial charge in [0.05, 0.1) is 0 Å². The van der Waals surface area contributed by atoms with E-state index in [0.717, 1.165) is 0 Å². The number of hydrogen-bond acceptors (Lipinski definition) is 2. The highest BCUT2D eigenvalue weighted by Crippen LogP contribution is 2.31. The summed E-state index contributed by atoms with van der Waals surface area (Å²) in [6, 6.07) is 10.7. The fourth-order valence-corrected chi connectivity index (χ4v) is 1.66. The van der Waals surface area contributed by atoms with Crippen LogP contribution in [0.25, 0.3) is 11.1 Å². The maximum absolute atomic E-state index is 13.5. The molecule has 0 bridgehead atoms. The van der Waals surface area contributed by atoms with Gasteiger partial charge in [-0.1, -0.05) is 24.3 Å². The summed E-state index contributed by atoms with van der Waals surface area (Å²) in [5.74, 6) is -0.637. The van der Waals surface area contributed by atoms with Crippen molar-refractivity contribution in [2.75, 3.05) is 0 Å². The van der Waals surface area contributed by atoms with E-state index in [-0.39, 0.29) is 11.5 Å². The highest BCUT2D eigenvalue weighted by Gasteiger charge is 2.10. The topological polar surface area (TPSA) is 37.3 Å². The molecule has 2 nitrogen and oxygen atoms in total. The standard InChI is InChI=1S/C14H11FO2/c1-9(16)10-6-7-12(14(17)8-10)11-4-2-3-5-13(11)15/h2-8,17H,1H3. The van der Waals surface area contributed by atoms with Crippen LogP contribution in [0.2, 0.25) is 0 Å². The molecule has 17 heavy (non-hydrogen) atoms. The van der Waals surface area contributed by atoms with E-state index in [0.29, 0.717) is 16.7 Å². The number of aromatic hydroxyl groups is 1. The SMILES string of the molecule is CC(=O)c1ccc(-c2ccccc2F)c(O)c1. The Labute approximate surface area is 98.3 Å². The third-order valence-corrected chi connectivity index (χ3v) is 2.57. The molecule has 1 N–H and O–H groups in total. The van der Waals surface area contributed by atoms with Gasteiger partial charge in [0, 0.05) is 16.7 Å². The van der Waals surface area contributed by atoms with Gasteiger partial charge in [0.1, 0.15) is 11.6 Å². The predicted molar refractivity (Wildman–Crippen MR) is 63.5 cm³/mol. The summed E-state index contributed by atoms with van der Waals surface area (Å²) in [4.78, 5) is 11.1. The summed E-state index contributed by atoms with van der Waals surface area (Å²) < 4.78 is 13.5. The predicted octanol–water partition coefficient (Wildman–Crippen LogP) is 3.40. The first-order valence-electron chi connectivity index (χ1n) is 5.18. The Balaban J connectivity index is 2.55. The van der Waals surface area contributed by atoms with Gasteiger partial charge in [0.15, 0.2) is 5.78 Å². The lowest BCUT2D eigenvalue weighted by molar-refractivity contribution is 0.101. The van der Waals surface area contributed by atoms with E-state index in [9.17, 15) is 14.3 Å². The van der Waals surface area contributed by atoms with Gasteiger partial charge in [-0.05, 0) is 25.1 Å². The maximum atomic E-state index is 13.5. The van der Waals surface area contributed by atoms with Crippen LogP contribution >= 0.6 is 0 Å². The van der Waals surface area contributed by atoms with Gasteiger partial charge in [-0.3, -0.25) is 4.79 Å². The summed E-state index contributed by atoms with van der Waals surface area (Å²) in [5, 5.41) is 9.80. The van der Waals surface area contributed by atoms with Crippen molar-refractivity contribution in [2.45, 2.75) is 6.92 Å². The molecular formula is C14H11FO2. The molecule has 0 aliphatic rings. The number of rotatable bonds is 2.